The van der Waals surface area contributed by atoms with Gasteiger partial charge in [0.1, 0.15) is 17.4 Å². The SMILES string of the molecule is COc1ccc2c(c1)C(Cc1nnc(Cc3ccc(C)cc3)n1CCCC1=CCC=N1)=CC2. The highest BCUT2D eigenvalue weighted by atomic mass is 16.5. The second kappa shape index (κ2) is 9.57. The highest BCUT2D eigenvalue weighted by Crippen LogP contribution is 2.33. The average molecular weight is 439 g/mol. The molecule has 1 aliphatic carbocycles. The van der Waals surface area contributed by atoms with Gasteiger partial charge in [-0.15, -0.1) is 10.2 Å². The number of allylic oxidation sites excluding steroid dienone is 4. The second-order valence-electron chi connectivity index (χ2n) is 8.83. The monoisotopic (exact) mass is 438 g/mol. The third-order valence-corrected chi connectivity index (χ3v) is 6.50. The molecule has 2 heterocycles. The molecule has 5 nitrogen and oxygen atoms in total. The molecule has 0 radical (unpaired) electrons. The molecule has 0 N–H and O–H groups in total. The summed E-state index contributed by atoms with van der Waals surface area (Å²) in [6, 6.07) is 15.1. The molecule has 0 bridgehead atoms. The lowest BCUT2D eigenvalue weighted by Gasteiger charge is -2.12. The molecule has 168 valence electrons. The van der Waals surface area contributed by atoms with Crippen molar-refractivity contribution < 1.29 is 4.74 Å². The topological polar surface area (TPSA) is 52.3 Å². The Balaban J connectivity index is 1.38. The maximum absolute atomic E-state index is 5.47. The van der Waals surface area contributed by atoms with Crippen molar-refractivity contribution in [2.45, 2.75) is 52.0 Å². The third kappa shape index (κ3) is 4.82. The van der Waals surface area contributed by atoms with Crippen molar-refractivity contribution in [3.8, 4) is 5.75 Å². The van der Waals surface area contributed by atoms with Gasteiger partial charge in [-0.3, -0.25) is 4.99 Å². The smallest absolute Gasteiger partial charge is 0.137 e. The van der Waals surface area contributed by atoms with Crippen LogP contribution in [0.1, 0.15) is 53.2 Å². The van der Waals surface area contributed by atoms with Crippen molar-refractivity contribution in [3.63, 3.8) is 0 Å². The molecule has 33 heavy (non-hydrogen) atoms. The molecule has 0 saturated carbocycles. The lowest BCUT2D eigenvalue weighted by Crippen LogP contribution is -2.10. The van der Waals surface area contributed by atoms with E-state index in [1.54, 1.807) is 7.11 Å². The molecule has 1 aliphatic heterocycles. The van der Waals surface area contributed by atoms with Gasteiger partial charge in [0.05, 0.1) is 7.11 Å². The molecule has 5 rings (SSSR count). The summed E-state index contributed by atoms with van der Waals surface area (Å²) in [7, 11) is 1.72. The van der Waals surface area contributed by atoms with E-state index >= 15 is 0 Å². The minimum absolute atomic E-state index is 0.780. The summed E-state index contributed by atoms with van der Waals surface area (Å²) in [5.74, 6) is 2.96. The highest BCUT2D eigenvalue weighted by Gasteiger charge is 2.20. The van der Waals surface area contributed by atoms with E-state index in [0.717, 1.165) is 62.5 Å². The van der Waals surface area contributed by atoms with Crippen LogP contribution in [0.5, 0.6) is 5.75 Å². The van der Waals surface area contributed by atoms with Crippen molar-refractivity contribution in [1.29, 1.82) is 0 Å². The first kappa shape index (κ1) is 21.4. The summed E-state index contributed by atoms with van der Waals surface area (Å²) in [5, 5.41) is 9.29. The Hall–Kier alpha value is -3.47. The van der Waals surface area contributed by atoms with Crippen LogP contribution in [0.2, 0.25) is 0 Å². The Bertz CT molecular complexity index is 1230. The maximum Gasteiger partial charge on any atom is 0.137 e. The predicted octanol–water partition coefficient (Wildman–Crippen LogP) is 5.51. The third-order valence-electron chi connectivity index (χ3n) is 6.50. The number of rotatable bonds is 9. The summed E-state index contributed by atoms with van der Waals surface area (Å²) in [6.07, 6.45) is 12.0. The van der Waals surface area contributed by atoms with Gasteiger partial charge in [-0.2, -0.15) is 0 Å². The zero-order valence-corrected chi connectivity index (χ0v) is 19.4. The van der Waals surface area contributed by atoms with Gasteiger partial charge in [-0.1, -0.05) is 48.0 Å². The Morgan fingerprint density at radius 1 is 0.970 bits per heavy atom. The van der Waals surface area contributed by atoms with E-state index in [2.05, 4.69) is 75.2 Å². The van der Waals surface area contributed by atoms with Crippen molar-refractivity contribution in [1.82, 2.24) is 14.8 Å². The van der Waals surface area contributed by atoms with Gasteiger partial charge < -0.3 is 9.30 Å². The summed E-state index contributed by atoms with van der Waals surface area (Å²) < 4.78 is 7.80. The van der Waals surface area contributed by atoms with Crippen LogP contribution in [0.3, 0.4) is 0 Å². The van der Waals surface area contributed by atoms with E-state index < -0.39 is 0 Å². The van der Waals surface area contributed by atoms with Gasteiger partial charge >= 0.3 is 0 Å². The number of methoxy groups -OCH3 is 1. The van der Waals surface area contributed by atoms with Crippen LogP contribution in [0, 0.1) is 6.92 Å². The first-order chi connectivity index (χ1) is 16.2. The molecule has 0 atom stereocenters. The van der Waals surface area contributed by atoms with Crippen LogP contribution in [0.4, 0.5) is 0 Å². The van der Waals surface area contributed by atoms with E-state index in [1.807, 2.05) is 12.3 Å². The fraction of sp³-hybridized carbons (Fsp3) is 0.321. The second-order valence-corrected chi connectivity index (χ2v) is 8.83. The molecule has 1 aromatic heterocycles. The van der Waals surface area contributed by atoms with Gasteiger partial charge in [0.25, 0.3) is 0 Å². The summed E-state index contributed by atoms with van der Waals surface area (Å²) in [5.41, 5.74) is 7.66. The molecule has 0 fully saturated rings. The summed E-state index contributed by atoms with van der Waals surface area (Å²) in [4.78, 5) is 4.47. The molecule has 0 unspecified atom stereocenters. The van der Waals surface area contributed by atoms with Gasteiger partial charge in [0, 0.05) is 37.7 Å². The number of hydrogen-bond acceptors (Lipinski definition) is 4. The number of fused-ring (bicyclic) bond motifs is 1. The van der Waals surface area contributed by atoms with Gasteiger partial charge in [0.2, 0.25) is 0 Å². The van der Waals surface area contributed by atoms with Gasteiger partial charge in [-0.05, 0) is 60.6 Å². The summed E-state index contributed by atoms with van der Waals surface area (Å²) in [6.45, 7) is 3.02. The zero-order chi connectivity index (χ0) is 22.6. The molecule has 2 aliphatic rings. The average Bonchev–Trinajstić information content (AvgIpc) is 3.58. The van der Waals surface area contributed by atoms with Crippen molar-refractivity contribution in [2.75, 3.05) is 7.11 Å². The highest BCUT2D eigenvalue weighted by molar-refractivity contribution is 5.75. The normalized spacial score (nSPS) is 14.4. The fourth-order valence-corrected chi connectivity index (χ4v) is 4.62. The molecule has 2 aromatic carbocycles. The van der Waals surface area contributed by atoms with E-state index in [0.29, 0.717) is 0 Å². The Kier molecular flexibility index (Phi) is 6.20. The van der Waals surface area contributed by atoms with Crippen LogP contribution in [0.15, 0.2) is 65.3 Å². The standard InChI is InChI=1S/C28H30N4O/c1-20-7-9-21(10-8-20)17-27-30-31-28(32(27)16-4-6-24-5-3-15-29-24)18-23-12-11-22-13-14-25(33-2)19-26(22)23/h5,7-10,12-15,19H,3-4,6,11,16-18H2,1-2H3. The first-order valence-corrected chi connectivity index (χ1v) is 11.7. The molecular formula is C28H30N4O. The van der Waals surface area contributed by atoms with Crippen molar-refractivity contribution in [3.05, 3.63) is 94.2 Å². The predicted molar refractivity (Wildman–Crippen MR) is 133 cm³/mol. The van der Waals surface area contributed by atoms with E-state index in [9.17, 15) is 0 Å². The molecule has 3 aromatic rings. The molecule has 0 spiro atoms. The largest absolute Gasteiger partial charge is 0.497 e. The van der Waals surface area contributed by atoms with Crippen LogP contribution in [-0.2, 0) is 25.8 Å². The van der Waals surface area contributed by atoms with Crippen LogP contribution < -0.4 is 4.74 Å². The van der Waals surface area contributed by atoms with E-state index in [4.69, 9.17) is 4.74 Å². The number of hydrogen-bond donors (Lipinski definition) is 0. The minimum Gasteiger partial charge on any atom is -0.497 e. The Morgan fingerprint density at radius 2 is 1.79 bits per heavy atom. The molecule has 5 heteroatoms. The number of ether oxygens (including phenoxy) is 1. The quantitative estimate of drug-likeness (QED) is 0.443. The maximum atomic E-state index is 5.47. The van der Waals surface area contributed by atoms with Gasteiger partial charge in [-0.25, -0.2) is 0 Å². The number of aliphatic imine (C=N–C) groups is 1. The number of aryl methyl sites for hydroxylation is 1. The van der Waals surface area contributed by atoms with Crippen LogP contribution in [-0.4, -0.2) is 28.1 Å². The van der Waals surface area contributed by atoms with Crippen LogP contribution in [0.25, 0.3) is 5.57 Å². The number of aromatic nitrogens is 3. The van der Waals surface area contributed by atoms with Crippen molar-refractivity contribution in [2.24, 2.45) is 4.99 Å². The number of nitrogens with zero attached hydrogens (tertiary/aromatic N) is 4. The van der Waals surface area contributed by atoms with E-state index in [1.165, 1.54) is 33.5 Å². The Morgan fingerprint density at radius 3 is 2.55 bits per heavy atom. The fourth-order valence-electron chi connectivity index (χ4n) is 4.62. The lowest BCUT2D eigenvalue weighted by molar-refractivity contribution is 0.414. The zero-order valence-electron chi connectivity index (χ0n) is 19.4. The molecule has 0 saturated heterocycles. The number of benzene rings is 2. The lowest BCUT2D eigenvalue weighted by atomic mass is 10.0. The van der Waals surface area contributed by atoms with Gasteiger partial charge in [0.15, 0.2) is 0 Å². The Labute approximate surface area is 195 Å². The van der Waals surface area contributed by atoms with Crippen LogP contribution >= 0.6 is 0 Å². The van der Waals surface area contributed by atoms with Crippen molar-refractivity contribution >= 4 is 11.8 Å². The van der Waals surface area contributed by atoms with E-state index in [-0.39, 0.29) is 0 Å². The minimum atomic E-state index is 0.780. The summed E-state index contributed by atoms with van der Waals surface area (Å²) >= 11 is 0. The first-order valence-electron chi connectivity index (χ1n) is 11.7. The molecular weight excluding hydrogens is 408 g/mol. The molecule has 0 amide bonds.